The van der Waals surface area contributed by atoms with E-state index in [9.17, 15) is 28.4 Å². The second kappa shape index (κ2) is 17.8. The first-order chi connectivity index (χ1) is 29.4. The monoisotopic (exact) mass is 873 g/mol. The predicted molar refractivity (Wildman–Crippen MR) is 226 cm³/mol. The zero-order valence-electron chi connectivity index (χ0n) is 33.5. The van der Waals surface area contributed by atoms with E-state index in [1.165, 1.54) is 12.1 Å². The number of imide groups is 2. The van der Waals surface area contributed by atoms with Crippen LogP contribution in [0, 0.1) is 5.82 Å². The van der Waals surface area contributed by atoms with Crippen molar-refractivity contribution in [2.75, 3.05) is 43.8 Å². The number of fused-ring (bicyclic) bond motifs is 1. The first-order valence-electron chi connectivity index (χ1n) is 20.6. The number of likely N-dealkylation sites (tertiary alicyclic amines) is 2. The van der Waals surface area contributed by atoms with Crippen LogP contribution in [0.3, 0.4) is 0 Å². The number of nitrogens with one attached hydrogen (secondary N) is 2. The van der Waals surface area contributed by atoms with E-state index >= 15 is 0 Å². The Balaban J connectivity index is 0.739. The Bertz CT molecular complexity index is 2380. The third-order valence-electron chi connectivity index (χ3n) is 12.0. The number of unbranched alkanes of at least 4 members (excludes halogenated alkanes) is 2. The molecule has 3 fully saturated rings. The lowest BCUT2D eigenvalue weighted by molar-refractivity contribution is -0.136. The number of benzene rings is 2. The lowest BCUT2D eigenvalue weighted by Crippen LogP contribution is -2.57. The maximum Gasteiger partial charge on any atom is 0.264 e. The highest BCUT2D eigenvalue weighted by Gasteiger charge is 2.46. The smallest absolute Gasteiger partial charge is 0.264 e. The Morgan fingerprint density at radius 3 is 2.57 bits per heavy atom. The number of halogens is 3. The molecule has 4 aromatic rings. The minimum Gasteiger partial charge on any atom is -0.482 e. The molecule has 0 spiro atoms. The van der Waals surface area contributed by atoms with Gasteiger partial charge in [0.15, 0.2) is 11.6 Å². The van der Waals surface area contributed by atoms with Crippen molar-refractivity contribution in [2.24, 2.45) is 0 Å². The number of nitrogen functional groups attached to an aromatic ring is 1. The van der Waals surface area contributed by atoms with Crippen molar-refractivity contribution in [3.8, 4) is 16.9 Å². The normalized spacial score (nSPS) is 19.2. The number of pyridine rings is 1. The highest BCUT2D eigenvalue weighted by Crippen LogP contribution is 2.38. The fourth-order valence-corrected chi connectivity index (χ4v) is 9.22. The quantitative estimate of drug-likeness (QED) is 0.0763. The standard InChI is InChI=1S/C43H46Cl2FN9O6/c1-24(37-30(44)9-10-31(46)39(37)45)61-34-18-25(19-48-40(34)47)26-20-49-54(21-26)28-13-16-52(17-14-28)15-4-2-3-8-36(57)53-22-27(23-53)50-32-7-5-6-29-38(32)43(60)55(42(29)59)33-11-12-35(56)51-41(33)58/h5-7,9-10,18-21,24,27-28,33,50H,2-4,8,11-17,22-23H2,1H3,(H2,47,48)(H,51,56,58). The van der Waals surface area contributed by atoms with Gasteiger partial charge in [-0.3, -0.25) is 38.9 Å². The first kappa shape index (κ1) is 42.1. The lowest BCUT2D eigenvalue weighted by Gasteiger charge is -2.40. The number of carbonyl (C=O) groups excluding carboxylic acids is 5. The number of hydrogen-bond acceptors (Lipinski definition) is 11. The predicted octanol–water partition coefficient (Wildman–Crippen LogP) is 6.03. The summed E-state index contributed by atoms with van der Waals surface area (Å²) in [4.78, 5) is 73.1. The van der Waals surface area contributed by atoms with E-state index in [0.29, 0.717) is 36.5 Å². The van der Waals surface area contributed by atoms with Crippen molar-refractivity contribution >= 4 is 64.2 Å². The van der Waals surface area contributed by atoms with E-state index in [1.807, 2.05) is 10.9 Å². The van der Waals surface area contributed by atoms with Gasteiger partial charge in [0.2, 0.25) is 17.7 Å². The molecule has 15 nitrogen and oxygen atoms in total. The molecule has 4 N–H and O–H groups in total. The minimum atomic E-state index is -1.03. The Morgan fingerprint density at radius 2 is 1.80 bits per heavy atom. The van der Waals surface area contributed by atoms with Gasteiger partial charge in [-0.25, -0.2) is 9.37 Å². The highest BCUT2D eigenvalue weighted by molar-refractivity contribution is 6.36. The van der Waals surface area contributed by atoms with Gasteiger partial charge in [-0.05, 0) is 75.9 Å². The van der Waals surface area contributed by atoms with Crippen molar-refractivity contribution in [3.05, 3.63) is 87.5 Å². The molecule has 61 heavy (non-hydrogen) atoms. The number of nitrogens with two attached hydrogens (primary N) is 1. The molecule has 4 aliphatic heterocycles. The summed E-state index contributed by atoms with van der Waals surface area (Å²) in [5.41, 5.74) is 9.02. The van der Waals surface area contributed by atoms with Crippen molar-refractivity contribution in [1.82, 2.24) is 34.8 Å². The summed E-state index contributed by atoms with van der Waals surface area (Å²) in [5, 5.41) is 10.4. The van der Waals surface area contributed by atoms with Gasteiger partial charge < -0.3 is 25.6 Å². The SMILES string of the molecule is CC(Oc1cc(-c2cnn(C3CCN(CCCCCC(=O)N4CC(Nc5cccc6c5C(=O)N(C5CCC(=O)NC5=O)C6=O)C4)CC3)c2)cnc1N)c1c(Cl)ccc(F)c1Cl. The molecule has 6 heterocycles. The summed E-state index contributed by atoms with van der Waals surface area (Å²) in [5.74, 6) is -2.18. The van der Waals surface area contributed by atoms with Crippen LogP contribution in [0.2, 0.25) is 10.0 Å². The van der Waals surface area contributed by atoms with Gasteiger partial charge in [-0.1, -0.05) is 35.7 Å². The first-order valence-corrected chi connectivity index (χ1v) is 21.3. The van der Waals surface area contributed by atoms with Crippen LogP contribution in [0.15, 0.2) is 55.0 Å². The molecule has 0 saturated carbocycles. The number of amides is 5. The van der Waals surface area contributed by atoms with Gasteiger partial charge >= 0.3 is 0 Å². The molecule has 3 saturated heterocycles. The zero-order valence-corrected chi connectivity index (χ0v) is 35.1. The highest BCUT2D eigenvalue weighted by atomic mass is 35.5. The fraction of sp³-hybridized carbons (Fsp3) is 0.419. The molecule has 2 aromatic carbocycles. The van der Waals surface area contributed by atoms with Gasteiger partial charge in [0, 0.05) is 78.8 Å². The maximum absolute atomic E-state index is 14.2. The van der Waals surface area contributed by atoms with Crippen LogP contribution in [0.4, 0.5) is 15.9 Å². The number of hydrogen-bond donors (Lipinski definition) is 3. The van der Waals surface area contributed by atoms with E-state index in [0.717, 1.165) is 67.8 Å². The van der Waals surface area contributed by atoms with E-state index in [4.69, 9.17) is 33.7 Å². The minimum absolute atomic E-state index is 0.0542. The van der Waals surface area contributed by atoms with E-state index in [1.54, 1.807) is 48.5 Å². The molecular weight excluding hydrogens is 828 g/mol. The number of aromatic nitrogens is 3. The van der Waals surface area contributed by atoms with Crippen LogP contribution in [0.1, 0.15) is 96.7 Å². The average molecular weight is 875 g/mol. The molecule has 0 radical (unpaired) electrons. The van der Waals surface area contributed by atoms with Gasteiger partial charge in [0.05, 0.1) is 34.4 Å². The summed E-state index contributed by atoms with van der Waals surface area (Å²) in [6.45, 7) is 5.56. The van der Waals surface area contributed by atoms with E-state index in [2.05, 4.69) is 25.6 Å². The molecule has 320 valence electrons. The van der Waals surface area contributed by atoms with E-state index < -0.39 is 41.6 Å². The van der Waals surface area contributed by atoms with Crippen molar-refractivity contribution < 1.29 is 33.1 Å². The van der Waals surface area contributed by atoms with Gasteiger partial charge in [-0.15, -0.1) is 0 Å². The number of piperidine rings is 2. The molecule has 8 rings (SSSR count). The molecule has 4 aliphatic rings. The van der Waals surface area contributed by atoms with Crippen LogP contribution in [0.25, 0.3) is 11.1 Å². The van der Waals surface area contributed by atoms with Gasteiger partial charge in [-0.2, -0.15) is 5.10 Å². The molecule has 2 atom stereocenters. The lowest BCUT2D eigenvalue weighted by atomic mass is 10.0. The van der Waals surface area contributed by atoms with Crippen molar-refractivity contribution in [2.45, 2.75) is 82.5 Å². The van der Waals surface area contributed by atoms with Crippen LogP contribution >= 0.6 is 23.2 Å². The Morgan fingerprint density at radius 1 is 1.02 bits per heavy atom. The van der Waals surface area contributed by atoms with Crippen LogP contribution in [0.5, 0.6) is 5.75 Å². The van der Waals surface area contributed by atoms with Gasteiger partial charge in [0.1, 0.15) is 18.0 Å². The van der Waals surface area contributed by atoms with Crippen molar-refractivity contribution in [3.63, 3.8) is 0 Å². The van der Waals surface area contributed by atoms with Crippen LogP contribution in [-0.2, 0) is 14.4 Å². The number of rotatable bonds is 14. The summed E-state index contributed by atoms with van der Waals surface area (Å²) in [6.07, 6.45) is 10.1. The zero-order chi connectivity index (χ0) is 42.9. The largest absolute Gasteiger partial charge is 0.482 e. The fourth-order valence-electron chi connectivity index (χ4n) is 8.54. The summed E-state index contributed by atoms with van der Waals surface area (Å²) in [6, 6.07) is 8.54. The van der Waals surface area contributed by atoms with E-state index in [-0.39, 0.29) is 57.8 Å². The second-order valence-electron chi connectivity index (χ2n) is 16.0. The third kappa shape index (κ3) is 8.79. The number of anilines is 2. The third-order valence-corrected chi connectivity index (χ3v) is 12.7. The second-order valence-corrected chi connectivity index (χ2v) is 16.8. The summed E-state index contributed by atoms with van der Waals surface area (Å²) >= 11 is 12.5. The van der Waals surface area contributed by atoms with Gasteiger partial charge in [0.25, 0.3) is 11.8 Å². The Kier molecular flexibility index (Phi) is 12.3. The molecule has 2 unspecified atom stereocenters. The molecule has 18 heteroatoms. The Hall–Kier alpha value is -5.58. The topological polar surface area (TPSA) is 185 Å². The maximum atomic E-state index is 14.2. The van der Waals surface area contributed by atoms with Crippen LogP contribution in [-0.4, -0.2) is 104 Å². The van der Waals surface area contributed by atoms with Crippen molar-refractivity contribution in [1.29, 1.82) is 0 Å². The average Bonchev–Trinajstić information content (AvgIpc) is 3.82. The molecular formula is C43H46Cl2FN9O6. The molecule has 2 aromatic heterocycles. The summed E-state index contributed by atoms with van der Waals surface area (Å²) < 4.78 is 22.2. The molecule has 0 aliphatic carbocycles. The summed E-state index contributed by atoms with van der Waals surface area (Å²) in [7, 11) is 0. The molecule has 0 bridgehead atoms. The number of ether oxygens (including phenoxy) is 1. The van der Waals surface area contributed by atoms with Crippen LogP contribution < -0.4 is 21.1 Å². The number of carbonyl (C=O) groups is 5. The molecule has 5 amide bonds. The Labute approximate surface area is 361 Å². The number of nitrogens with zero attached hydrogens (tertiary/aromatic N) is 6.